The van der Waals surface area contributed by atoms with Crippen molar-refractivity contribution in [3.8, 4) is 11.3 Å². The molecule has 0 aliphatic carbocycles. The molecule has 1 aliphatic heterocycles. The molecule has 3 N–H and O–H groups in total. The summed E-state index contributed by atoms with van der Waals surface area (Å²) in [6, 6.07) is 12.3. The zero-order valence-corrected chi connectivity index (χ0v) is 14.7. The van der Waals surface area contributed by atoms with E-state index < -0.39 is 0 Å². The maximum absolute atomic E-state index is 6.07. The number of pyridine rings is 1. The quantitative estimate of drug-likeness (QED) is 0.730. The third-order valence-corrected chi connectivity index (χ3v) is 5.14. The molecule has 0 unspecified atom stereocenters. The van der Waals surface area contributed by atoms with Crippen LogP contribution in [0.1, 0.15) is 11.3 Å². The standard InChI is InChI=1S/C19H21ClN4/c1-14-3-2-10-24-17(13-23-11-8-21-9-12-23)18(22-19(14)24)15-4-6-16(20)7-5-15/h2-7,10,21H,8-9,11-13H2,1H3/p+2. The molecule has 1 fully saturated rings. The molecular weight excluding hydrogens is 320 g/mol. The Morgan fingerprint density at radius 2 is 1.92 bits per heavy atom. The van der Waals surface area contributed by atoms with E-state index in [-0.39, 0.29) is 0 Å². The molecule has 3 aromatic rings. The number of benzene rings is 1. The minimum absolute atomic E-state index is 0.762. The molecule has 0 saturated carbocycles. The van der Waals surface area contributed by atoms with E-state index in [1.54, 1.807) is 4.90 Å². The number of hydrogen-bond acceptors (Lipinski definition) is 1. The number of nitrogens with zero attached hydrogens (tertiary/aromatic N) is 2. The van der Waals surface area contributed by atoms with Gasteiger partial charge in [0.05, 0.1) is 5.69 Å². The smallest absolute Gasteiger partial charge is 0.140 e. The summed E-state index contributed by atoms with van der Waals surface area (Å²) in [5.74, 6) is 0. The van der Waals surface area contributed by atoms with Gasteiger partial charge in [0.1, 0.15) is 44.1 Å². The largest absolute Gasteiger partial charge is 0.337 e. The zero-order chi connectivity index (χ0) is 16.5. The lowest BCUT2D eigenvalue weighted by Crippen LogP contribution is -3.19. The average Bonchev–Trinajstić information content (AvgIpc) is 2.97. The molecule has 4 nitrogen and oxygen atoms in total. The van der Waals surface area contributed by atoms with E-state index in [2.05, 4.69) is 47.1 Å². The number of aryl methyl sites for hydroxylation is 1. The molecule has 0 atom stereocenters. The van der Waals surface area contributed by atoms with Crippen LogP contribution in [-0.2, 0) is 6.54 Å². The first-order valence-corrected chi connectivity index (χ1v) is 8.98. The van der Waals surface area contributed by atoms with Crippen LogP contribution in [0.25, 0.3) is 16.9 Å². The Morgan fingerprint density at radius 1 is 1.17 bits per heavy atom. The zero-order valence-electron chi connectivity index (χ0n) is 13.9. The summed E-state index contributed by atoms with van der Waals surface area (Å²) >= 11 is 6.07. The van der Waals surface area contributed by atoms with Crippen LogP contribution in [-0.4, -0.2) is 35.6 Å². The van der Waals surface area contributed by atoms with Crippen molar-refractivity contribution >= 4 is 17.2 Å². The summed E-state index contributed by atoms with van der Waals surface area (Å²) in [5, 5.41) is 3.17. The van der Waals surface area contributed by atoms with Crippen molar-refractivity contribution in [2.45, 2.75) is 13.5 Å². The summed E-state index contributed by atoms with van der Waals surface area (Å²) in [7, 11) is 0. The van der Waals surface area contributed by atoms with Crippen molar-refractivity contribution in [3.05, 3.63) is 58.9 Å². The van der Waals surface area contributed by atoms with Crippen molar-refractivity contribution in [1.29, 1.82) is 0 Å². The number of quaternary nitrogens is 2. The first-order valence-electron chi connectivity index (χ1n) is 8.60. The molecule has 2 aromatic heterocycles. The lowest BCUT2D eigenvalue weighted by atomic mass is 10.1. The molecule has 0 spiro atoms. The van der Waals surface area contributed by atoms with Crippen molar-refractivity contribution in [3.63, 3.8) is 0 Å². The molecule has 4 rings (SSSR count). The number of halogens is 1. The minimum Gasteiger partial charge on any atom is -0.337 e. The van der Waals surface area contributed by atoms with Gasteiger partial charge in [0.2, 0.25) is 0 Å². The molecule has 1 saturated heterocycles. The van der Waals surface area contributed by atoms with Gasteiger partial charge in [-0.1, -0.05) is 29.8 Å². The summed E-state index contributed by atoms with van der Waals surface area (Å²) in [6.45, 7) is 7.97. The highest BCUT2D eigenvalue weighted by atomic mass is 35.5. The maximum atomic E-state index is 6.07. The first kappa shape index (κ1) is 15.6. The second kappa shape index (κ2) is 6.55. The molecule has 24 heavy (non-hydrogen) atoms. The van der Waals surface area contributed by atoms with Gasteiger partial charge in [0.15, 0.2) is 0 Å². The Morgan fingerprint density at radius 3 is 2.67 bits per heavy atom. The van der Waals surface area contributed by atoms with Gasteiger partial charge in [0, 0.05) is 16.8 Å². The van der Waals surface area contributed by atoms with Crippen LogP contribution in [0.5, 0.6) is 0 Å². The number of nitrogens with two attached hydrogens (primary N) is 1. The van der Waals surface area contributed by atoms with Gasteiger partial charge >= 0.3 is 0 Å². The number of imidazole rings is 1. The maximum Gasteiger partial charge on any atom is 0.140 e. The highest BCUT2D eigenvalue weighted by Crippen LogP contribution is 2.26. The third kappa shape index (κ3) is 2.93. The van der Waals surface area contributed by atoms with E-state index in [4.69, 9.17) is 16.6 Å². The monoisotopic (exact) mass is 342 g/mol. The highest BCUT2D eigenvalue weighted by molar-refractivity contribution is 6.30. The van der Waals surface area contributed by atoms with Crippen molar-refractivity contribution in [2.24, 2.45) is 0 Å². The van der Waals surface area contributed by atoms with Crippen LogP contribution < -0.4 is 10.2 Å². The van der Waals surface area contributed by atoms with Crippen LogP contribution >= 0.6 is 11.6 Å². The Bertz CT molecular complexity index is 848. The summed E-state index contributed by atoms with van der Waals surface area (Å²) in [5.41, 5.74) is 5.79. The predicted molar refractivity (Wildman–Crippen MR) is 96.4 cm³/mol. The summed E-state index contributed by atoms with van der Waals surface area (Å²) in [6.07, 6.45) is 2.14. The topological polar surface area (TPSA) is 38.4 Å². The van der Waals surface area contributed by atoms with Gasteiger partial charge < -0.3 is 10.2 Å². The predicted octanol–water partition coefficient (Wildman–Crippen LogP) is 0.925. The van der Waals surface area contributed by atoms with E-state index in [1.807, 2.05) is 12.1 Å². The van der Waals surface area contributed by atoms with Gasteiger partial charge in [0.25, 0.3) is 0 Å². The highest BCUT2D eigenvalue weighted by Gasteiger charge is 2.22. The fourth-order valence-electron chi connectivity index (χ4n) is 3.56. The van der Waals surface area contributed by atoms with Gasteiger partial charge in [-0.3, -0.25) is 4.40 Å². The number of piperazine rings is 1. The molecule has 1 aromatic carbocycles. The summed E-state index contributed by atoms with van der Waals surface area (Å²) < 4.78 is 2.27. The first-order chi connectivity index (χ1) is 11.7. The molecule has 3 heterocycles. The summed E-state index contributed by atoms with van der Waals surface area (Å²) in [4.78, 5) is 6.61. The van der Waals surface area contributed by atoms with Gasteiger partial charge in [-0.25, -0.2) is 4.98 Å². The average molecular weight is 343 g/mol. The molecule has 0 radical (unpaired) electrons. The number of fused-ring (bicyclic) bond motifs is 1. The normalized spacial score (nSPS) is 15.9. The number of rotatable bonds is 3. The molecular formula is C19H23ClN4+2. The van der Waals surface area contributed by atoms with Crippen molar-refractivity contribution < 1.29 is 10.2 Å². The second-order valence-electron chi connectivity index (χ2n) is 6.59. The Labute approximate surface area is 147 Å². The van der Waals surface area contributed by atoms with E-state index >= 15 is 0 Å². The van der Waals surface area contributed by atoms with Crippen molar-refractivity contribution in [2.75, 3.05) is 26.2 Å². The van der Waals surface area contributed by atoms with Crippen LogP contribution in [0.3, 0.4) is 0 Å². The van der Waals surface area contributed by atoms with Crippen LogP contribution in [0.15, 0.2) is 42.6 Å². The fourth-order valence-corrected chi connectivity index (χ4v) is 3.68. The Balaban J connectivity index is 1.83. The van der Waals surface area contributed by atoms with Gasteiger partial charge in [-0.2, -0.15) is 0 Å². The van der Waals surface area contributed by atoms with E-state index in [0.717, 1.165) is 28.5 Å². The SMILES string of the molecule is Cc1cccn2c(C[NH+]3CC[NH2+]CC3)c(-c3ccc(Cl)cc3)nc12. The van der Waals surface area contributed by atoms with Crippen LogP contribution in [0.4, 0.5) is 0 Å². The molecule has 0 amide bonds. The van der Waals surface area contributed by atoms with E-state index in [9.17, 15) is 0 Å². The molecule has 5 heteroatoms. The van der Waals surface area contributed by atoms with E-state index in [1.165, 1.54) is 37.4 Å². The van der Waals surface area contributed by atoms with Crippen LogP contribution in [0, 0.1) is 6.92 Å². The van der Waals surface area contributed by atoms with Crippen molar-refractivity contribution in [1.82, 2.24) is 9.38 Å². The fraction of sp³-hybridized carbons (Fsp3) is 0.316. The molecule has 124 valence electrons. The minimum atomic E-state index is 0.762. The molecule has 1 aliphatic rings. The van der Waals surface area contributed by atoms with Crippen LogP contribution in [0.2, 0.25) is 5.02 Å². The van der Waals surface area contributed by atoms with E-state index in [0.29, 0.717) is 0 Å². The Kier molecular flexibility index (Phi) is 4.27. The lowest BCUT2D eigenvalue weighted by molar-refractivity contribution is -0.958. The number of nitrogens with one attached hydrogen (secondary N) is 1. The number of hydrogen-bond donors (Lipinski definition) is 2. The number of aromatic nitrogens is 2. The second-order valence-corrected chi connectivity index (χ2v) is 7.03. The Hall–Kier alpha value is -1.88. The van der Waals surface area contributed by atoms with Gasteiger partial charge in [-0.15, -0.1) is 0 Å². The third-order valence-electron chi connectivity index (χ3n) is 4.88. The molecule has 0 bridgehead atoms. The van der Waals surface area contributed by atoms with Gasteiger partial charge in [-0.05, 0) is 30.7 Å². The lowest BCUT2D eigenvalue weighted by Gasteiger charge is -2.22.